The maximum Gasteiger partial charge on any atom is 0.101 e. The lowest BCUT2D eigenvalue weighted by Gasteiger charge is -1.98. The third-order valence-corrected chi connectivity index (χ3v) is 1.77. The van der Waals surface area contributed by atoms with Crippen LogP contribution in [0.2, 0.25) is 0 Å². The fourth-order valence-corrected chi connectivity index (χ4v) is 1.29. The molecule has 1 aliphatic rings. The van der Waals surface area contributed by atoms with Gasteiger partial charge in [-0.25, -0.2) is 0 Å². The van der Waals surface area contributed by atoms with Gasteiger partial charge in [-0.05, 0) is 18.9 Å². The summed E-state index contributed by atoms with van der Waals surface area (Å²) in [6.07, 6.45) is 5.79. The molecule has 1 rings (SSSR count). The van der Waals surface area contributed by atoms with E-state index in [0.717, 1.165) is 5.57 Å². The lowest BCUT2D eigenvalue weighted by Crippen LogP contribution is -2.00. The third kappa shape index (κ3) is 1.76. The molecule has 62 valence electrons. The maximum absolute atomic E-state index is 8.72. The van der Waals surface area contributed by atoms with Crippen molar-refractivity contribution >= 4 is 0 Å². The Morgan fingerprint density at radius 3 is 2.75 bits per heavy atom. The first-order valence-electron chi connectivity index (χ1n) is 3.91. The summed E-state index contributed by atoms with van der Waals surface area (Å²) in [6.45, 7) is 4.02. The average molecular weight is 160 g/mol. The topological polar surface area (TPSA) is 49.8 Å². The predicted octanol–water partition coefficient (Wildman–Crippen LogP) is 1.87. The molecule has 0 saturated heterocycles. The van der Waals surface area contributed by atoms with Crippen LogP contribution in [0.4, 0.5) is 0 Å². The third-order valence-electron chi connectivity index (χ3n) is 1.77. The Balaban J connectivity index is 3.11. The van der Waals surface area contributed by atoms with Gasteiger partial charge in [0.25, 0.3) is 0 Å². The van der Waals surface area contributed by atoms with Crippen LogP contribution in [0, 0.1) is 17.2 Å². The molecule has 0 aliphatic heterocycles. The van der Waals surface area contributed by atoms with Gasteiger partial charge in [-0.3, -0.25) is 0 Å². The van der Waals surface area contributed by atoms with E-state index >= 15 is 0 Å². The number of allylic oxidation sites excluding steroid dienone is 5. The number of rotatable bonds is 0. The summed E-state index contributed by atoms with van der Waals surface area (Å²) >= 11 is 0. The Kier molecular flexibility index (Phi) is 2.35. The minimum absolute atomic E-state index is 0.312. The molecule has 0 bridgehead atoms. The Morgan fingerprint density at radius 1 is 1.50 bits per heavy atom. The first-order valence-corrected chi connectivity index (χ1v) is 3.91. The lowest BCUT2D eigenvalue weighted by atomic mass is 10.1. The molecule has 1 aliphatic carbocycles. The maximum atomic E-state index is 8.72. The molecule has 12 heavy (non-hydrogen) atoms. The monoisotopic (exact) mass is 160 g/mol. The van der Waals surface area contributed by atoms with Crippen LogP contribution in [0.15, 0.2) is 35.1 Å². The van der Waals surface area contributed by atoms with Crippen molar-refractivity contribution in [1.82, 2.24) is 0 Å². The summed E-state index contributed by atoms with van der Waals surface area (Å²) in [7, 11) is 0. The summed E-state index contributed by atoms with van der Waals surface area (Å²) < 4.78 is 0. The fraction of sp³-hybridized carbons (Fsp3) is 0.300. The van der Waals surface area contributed by atoms with E-state index in [-0.39, 0.29) is 0 Å². The van der Waals surface area contributed by atoms with Gasteiger partial charge < -0.3 is 5.73 Å². The van der Waals surface area contributed by atoms with Crippen molar-refractivity contribution in [3.63, 3.8) is 0 Å². The SMILES string of the molecule is CC1=CC(C)C=C(N)C(C#N)=C1. The largest absolute Gasteiger partial charge is 0.398 e. The zero-order valence-electron chi connectivity index (χ0n) is 7.33. The van der Waals surface area contributed by atoms with Crippen LogP contribution >= 0.6 is 0 Å². The highest BCUT2D eigenvalue weighted by Gasteiger charge is 2.06. The second kappa shape index (κ2) is 3.27. The molecule has 1 atom stereocenters. The van der Waals surface area contributed by atoms with Gasteiger partial charge in [0, 0.05) is 5.70 Å². The number of hydrogen-bond donors (Lipinski definition) is 1. The molecule has 0 radical (unpaired) electrons. The van der Waals surface area contributed by atoms with Crippen LogP contribution in [-0.2, 0) is 0 Å². The van der Waals surface area contributed by atoms with Gasteiger partial charge in [0.05, 0.1) is 5.57 Å². The minimum atomic E-state index is 0.312. The van der Waals surface area contributed by atoms with E-state index in [1.54, 1.807) is 0 Å². The predicted molar refractivity (Wildman–Crippen MR) is 48.9 cm³/mol. The van der Waals surface area contributed by atoms with Crippen molar-refractivity contribution in [1.29, 1.82) is 5.26 Å². The Labute approximate surface area is 72.7 Å². The van der Waals surface area contributed by atoms with E-state index in [2.05, 4.69) is 12.1 Å². The van der Waals surface area contributed by atoms with E-state index < -0.39 is 0 Å². The van der Waals surface area contributed by atoms with Crippen molar-refractivity contribution in [3.05, 3.63) is 35.1 Å². The van der Waals surface area contributed by atoms with Crippen LogP contribution in [0.3, 0.4) is 0 Å². The van der Waals surface area contributed by atoms with Crippen LogP contribution in [0.25, 0.3) is 0 Å². The summed E-state index contributed by atoms with van der Waals surface area (Å²) in [5, 5.41) is 8.72. The molecule has 0 aromatic rings. The Bertz CT molecular complexity index is 313. The molecule has 0 heterocycles. The molecular weight excluding hydrogens is 148 g/mol. The molecule has 0 fully saturated rings. The minimum Gasteiger partial charge on any atom is -0.398 e. The van der Waals surface area contributed by atoms with Gasteiger partial charge in [0.15, 0.2) is 0 Å². The van der Waals surface area contributed by atoms with Gasteiger partial charge in [-0.15, -0.1) is 0 Å². The van der Waals surface area contributed by atoms with Crippen LogP contribution in [0.1, 0.15) is 13.8 Å². The van der Waals surface area contributed by atoms with Crippen molar-refractivity contribution in [3.8, 4) is 6.07 Å². The first-order chi connectivity index (χ1) is 5.63. The van der Waals surface area contributed by atoms with E-state index in [4.69, 9.17) is 11.0 Å². The van der Waals surface area contributed by atoms with E-state index in [0.29, 0.717) is 17.2 Å². The molecule has 0 saturated carbocycles. The average Bonchev–Trinajstić information content (AvgIpc) is 2.09. The molecule has 0 amide bonds. The molecule has 0 spiro atoms. The van der Waals surface area contributed by atoms with Gasteiger partial charge in [0.2, 0.25) is 0 Å². The smallest absolute Gasteiger partial charge is 0.101 e. The summed E-state index contributed by atoms with van der Waals surface area (Å²) in [4.78, 5) is 0. The number of hydrogen-bond acceptors (Lipinski definition) is 2. The van der Waals surface area contributed by atoms with Crippen molar-refractivity contribution in [2.75, 3.05) is 0 Å². The second-order valence-electron chi connectivity index (χ2n) is 3.06. The summed E-state index contributed by atoms with van der Waals surface area (Å²) in [5.41, 5.74) is 7.92. The first kappa shape index (κ1) is 8.61. The van der Waals surface area contributed by atoms with Crippen LogP contribution in [0.5, 0.6) is 0 Å². The van der Waals surface area contributed by atoms with Gasteiger partial charge >= 0.3 is 0 Å². The number of nitrogens with zero attached hydrogens (tertiary/aromatic N) is 1. The van der Waals surface area contributed by atoms with Crippen LogP contribution < -0.4 is 5.73 Å². The fourth-order valence-electron chi connectivity index (χ4n) is 1.29. The molecule has 2 heteroatoms. The normalized spacial score (nSPS) is 23.1. The number of nitriles is 1. The Hall–Kier alpha value is -1.49. The van der Waals surface area contributed by atoms with E-state index in [1.165, 1.54) is 0 Å². The molecule has 2 nitrogen and oxygen atoms in total. The Morgan fingerprint density at radius 2 is 2.17 bits per heavy atom. The van der Waals surface area contributed by atoms with Crippen molar-refractivity contribution in [2.45, 2.75) is 13.8 Å². The highest BCUT2D eigenvalue weighted by molar-refractivity contribution is 5.46. The van der Waals surface area contributed by atoms with Gasteiger partial charge in [-0.2, -0.15) is 5.26 Å². The standard InChI is InChI=1S/C10H12N2/c1-7-3-8(2)5-10(12)9(4-7)6-11/h3-5,8H,12H2,1-2H3. The van der Waals surface area contributed by atoms with Crippen molar-refractivity contribution in [2.24, 2.45) is 11.7 Å². The zero-order chi connectivity index (χ0) is 9.14. The summed E-state index contributed by atoms with van der Waals surface area (Å²) in [6, 6.07) is 2.07. The molecule has 1 unspecified atom stereocenters. The number of nitrogens with two attached hydrogens (primary N) is 1. The molecule has 0 aromatic carbocycles. The highest BCUT2D eigenvalue weighted by Crippen LogP contribution is 2.17. The molecule has 0 aromatic heterocycles. The molecule has 2 N–H and O–H groups in total. The molecular formula is C10H12N2. The van der Waals surface area contributed by atoms with Gasteiger partial charge in [0.1, 0.15) is 6.07 Å². The quantitative estimate of drug-likeness (QED) is 0.588. The zero-order valence-corrected chi connectivity index (χ0v) is 7.33. The van der Waals surface area contributed by atoms with Crippen LogP contribution in [-0.4, -0.2) is 0 Å². The van der Waals surface area contributed by atoms with Crippen molar-refractivity contribution < 1.29 is 0 Å². The second-order valence-corrected chi connectivity index (χ2v) is 3.06. The van der Waals surface area contributed by atoms with Gasteiger partial charge in [-0.1, -0.05) is 24.6 Å². The van der Waals surface area contributed by atoms with E-state index in [9.17, 15) is 0 Å². The lowest BCUT2D eigenvalue weighted by molar-refractivity contribution is 0.922. The highest BCUT2D eigenvalue weighted by atomic mass is 14.6. The summed E-state index contributed by atoms with van der Waals surface area (Å²) in [5.74, 6) is 0.312. The van der Waals surface area contributed by atoms with E-state index in [1.807, 2.05) is 26.0 Å².